The summed E-state index contributed by atoms with van der Waals surface area (Å²) in [4.78, 5) is 23.3. The molecule has 0 amide bonds. The maximum absolute atomic E-state index is 12.4. The molecule has 22 heavy (non-hydrogen) atoms. The number of nitrogens with zero attached hydrogens (tertiary/aromatic N) is 1. The quantitative estimate of drug-likeness (QED) is 0.791. The minimum absolute atomic E-state index is 0.0333. The second-order valence-electron chi connectivity index (χ2n) is 5.75. The molecular formula is C18H21NO3. The van der Waals surface area contributed by atoms with Gasteiger partial charge in [0.2, 0.25) is 0 Å². The predicted molar refractivity (Wildman–Crippen MR) is 87.7 cm³/mol. The summed E-state index contributed by atoms with van der Waals surface area (Å²) in [6.07, 6.45) is 0.719. The third kappa shape index (κ3) is 3.27. The fourth-order valence-electron chi connectivity index (χ4n) is 2.38. The van der Waals surface area contributed by atoms with Gasteiger partial charge in [0.25, 0.3) is 5.56 Å². The molecule has 0 unspecified atom stereocenters. The lowest BCUT2D eigenvalue weighted by Gasteiger charge is -2.17. The van der Waals surface area contributed by atoms with Crippen molar-refractivity contribution < 1.29 is 9.53 Å². The van der Waals surface area contributed by atoms with Crippen LogP contribution >= 0.6 is 0 Å². The van der Waals surface area contributed by atoms with Crippen molar-refractivity contribution in [3.05, 3.63) is 52.3 Å². The fraction of sp³-hybridized carbons (Fsp3) is 0.333. The van der Waals surface area contributed by atoms with Crippen LogP contribution in [-0.4, -0.2) is 17.0 Å². The van der Waals surface area contributed by atoms with Gasteiger partial charge in [-0.3, -0.25) is 9.59 Å². The van der Waals surface area contributed by atoms with Crippen LogP contribution in [0, 0.1) is 0 Å². The zero-order valence-electron chi connectivity index (χ0n) is 13.4. The smallest absolute Gasteiger partial charge is 0.261 e. The fourth-order valence-corrected chi connectivity index (χ4v) is 2.38. The largest absolute Gasteiger partial charge is 0.491 e. The molecule has 2 aromatic rings. The van der Waals surface area contributed by atoms with Gasteiger partial charge in [-0.1, -0.05) is 0 Å². The first kappa shape index (κ1) is 16.0. The highest BCUT2D eigenvalue weighted by molar-refractivity contribution is 5.75. The van der Waals surface area contributed by atoms with Crippen LogP contribution in [0.4, 0.5) is 0 Å². The van der Waals surface area contributed by atoms with Crippen molar-refractivity contribution >= 4 is 6.29 Å². The molecule has 1 aromatic heterocycles. The number of aldehydes is 1. The Bertz CT molecular complexity index is 712. The Labute approximate surface area is 130 Å². The van der Waals surface area contributed by atoms with Gasteiger partial charge in [-0.05, 0) is 69.7 Å². The van der Waals surface area contributed by atoms with E-state index in [2.05, 4.69) is 0 Å². The van der Waals surface area contributed by atoms with E-state index in [1.807, 2.05) is 58.0 Å². The molecule has 0 radical (unpaired) electrons. The number of rotatable bonds is 5. The molecule has 4 nitrogen and oxygen atoms in total. The van der Waals surface area contributed by atoms with Crippen LogP contribution in [0.25, 0.3) is 11.3 Å². The van der Waals surface area contributed by atoms with Gasteiger partial charge in [0.1, 0.15) is 5.75 Å². The Morgan fingerprint density at radius 3 is 2.14 bits per heavy atom. The summed E-state index contributed by atoms with van der Waals surface area (Å²) in [5.41, 5.74) is 1.63. The molecule has 1 aromatic carbocycles. The second-order valence-corrected chi connectivity index (χ2v) is 5.75. The molecule has 0 aliphatic heterocycles. The molecule has 0 atom stereocenters. The number of hydrogen-bond acceptors (Lipinski definition) is 3. The van der Waals surface area contributed by atoms with E-state index in [9.17, 15) is 9.59 Å². The Kier molecular flexibility index (Phi) is 4.81. The van der Waals surface area contributed by atoms with Crippen LogP contribution in [0.5, 0.6) is 5.75 Å². The maximum atomic E-state index is 12.4. The van der Waals surface area contributed by atoms with Gasteiger partial charge >= 0.3 is 0 Å². The third-order valence-electron chi connectivity index (χ3n) is 3.31. The molecule has 2 rings (SSSR count). The van der Waals surface area contributed by atoms with E-state index >= 15 is 0 Å². The lowest BCUT2D eigenvalue weighted by molar-refractivity contribution is 0.112. The molecule has 0 N–H and O–H groups in total. The number of aromatic nitrogens is 1. The molecule has 116 valence electrons. The van der Waals surface area contributed by atoms with Crippen LogP contribution in [0.15, 0.2) is 41.2 Å². The average molecular weight is 299 g/mol. The van der Waals surface area contributed by atoms with E-state index in [-0.39, 0.29) is 23.3 Å². The van der Waals surface area contributed by atoms with Gasteiger partial charge in [-0.2, -0.15) is 0 Å². The summed E-state index contributed by atoms with van der Waals surface area (Å²) in [6.45, 7) is 7.80. The number of carbonyl (C=O) groups excluding carboxylic acids is 1. The molecule has 0 aliphatic rings. The third-order valence-corrected chi connectivity index (χ3v) is 3.31. The Morgan fingerprint density at radius 1 is 1.00 bits per heavy atom. The lowest BCUT2D eigenvalue weighted by Crippen LogP contribution is -2.26. The van der Waals surface area contributed by atoms with Crippen LogP contribution in [-0.2, 0) is 0 Å². The summed E-state index contributed by atoms with van der Waals surface area (Å²) < 4.78 is 7.27. The zero-order chi connectivity index (χ0) is 16.3. The molecule has 1 heterocycles. The lowest BCUT2D eigenvalue weighted by atomic mass is 10.1. The zero-order valence-corrected chi connectivity index (χ0v) is 13.4. The van der Waals surface area contributed by atoms with Crippen molar-refractivity contribution in [3.63, 3.8) is 0 Å². The topological polar surface area (TPSA) is 48.3 Å². The van der Waals surface area contributed by atoms with Crippen LogP contribution in [0.1, 0.15) is 44.1 Å². The maximum Gasteiger partial charge on any atom is 0.261 e. The van der Waals surface area contributed by atoms with Crippen LogP contribution in [0.2, 0.25) is 0 Å². The first-order valence-corrected chi connectivity index (χ1v) is 7.42. The molecule has 0 aliphatic carbocycles. The number of pyridine rings is 1. The summed E-state index contributed by atoms with van der Waals surface area (Å²) >= 11 is 0. The standard InChI is InChI=1S/C18H21NO3/c1-12(2)19-17(10-7-15(11-20)18(19)21)14-5-8-16(9-6-14)22-13(3)4/h5-13H,1-4H3. The number of benzene rings is 1. The monoisotopic (exact) mass is 299 g/mol. The Balaban J connectivity index is 2.50. The first-order valence-electron chi connectivity index (χ1n) is 7.42. The number of ether oxygens (including phenoxy) is 1. The minimum Gasteiger partial charge on any atom is -0.491 e. The van der Waals surface area contributed by atoms with Crippen molar-refractivity contribution in [2.45, 2.75) is 39.8 Å². The molecule has 4 heteroatoms. The molecule has 0 bridgehead atoms. The number of hydrogen-bond donors (Lipinski definition) is 0. The van der Waals surface area contributed by atoms with Crippen molar-refractivity contribution in [2.24, 2.45) is 0 Å². The van der Waals surface area contributed by atoms with Gasteiger partial charge < -0.3 is 9.30 Å². The highest BCUT2D eigenvalue weighted by Gasteiger charge is 2.12. The van der Waals surface area contributed by atoms with Crippen molar-refractivity contribution in [3.8, 4) is 17.0 Å². The van der Waals surface area contributed by atoms with Crippen molar-refractivity contribution in [1.29, 1.82) is 0 Å². The summed E-state index contributed by atoms with van der Waals surface area (Å²) in [5.74, 6) is 0.793. The summed E-state index contributed by atoms with van der Waals surface area (Å²) in [5, 5.41) is 0. The minimum atomic E-state index is -0.259. The van der Waals surface area contributed by atoms with Gasteiger partial charge in [0.15, 0.2) is 6.29 Å². The Morgan fingerprint density at radius 2 is 1.64 bits per heavy atom. The van der Waals surface area contributed by atoms with E-state index in [0.717, 1.165) is 17.0 Å². The molecule has 0 saturated heterocycles. The van der Waals surface area contributed by atoms with E-state index in [1.54, 1.807) is 10.6 Å². The highest BCUT2D eigenvalue weighted by Crippen LogP contribution is 2.24. The van der Waals surface area contributed by atoms with Gasteiger partial charge in [-0.15, -0.1) is 0 Å². The normalized spacial score (nSPS) is 11.0. The molecular weight excluding hydrogens is 278 g/mol. The molecule has 0 fully saturated rings. The SMILES string of the molecule is CC(C)Oc1ccc(-c2ccc(C=O)c(=O)n2C(C)C)cc1. The van der Waals surface area contributed by atoms with Gasteiger partial charge in [0, 0.05) is 6.04 Å². The van der Waals surface area contributed by atoms with Gasteiger partial charge in [0.05, 0.1) is 17.4 Å². The van der Waals surface area contributed by atoms with Crippen LogP contribution in [0.3, 0.4) is 0 Å². The molecule has 0 saturated carbocycles. The predicted octanol–water partition coefficient (Wildman–Crippen LogP) is 3.70. The van der Waals surface area contributed by atoms with E-state index in [0.29, 0.717) is 6.29 Å². The van der Waals surface area contributed by atoms with E-state index < -0.39 is 0 Å². The van der Waals surface area contributed by atoms with E-state index in [1.165, 1.54) is 0 Å². The van der Waals surface area contributed by atoms with Crippen molar-refractivity contribution in [1.82, 2.24) is 4.57 Å². The molecule has 0 spiro atoms. The average Bonchev–Trinajstić information content (AvgIpc) is 2.46. The summed E-state index contributed by atoms with van der Waals surface area (Å²) in [7, 11) is 0. The first-order chi connectivity index (χ1) is 10.4. The van der Waals surface area contributed by atoms with Crippen molar-refractivity contribution in [2.75, 3.05) is 0 Å². The summed E-state index contributed by atoms with van der Waals surface area (Å²) in [6, 6.07) is 11.0. The van der Waals surface area contributed by atoms with Crippen LogP contribution < -0.4 is 10.3 Å². The second kappa shape index (κ2) is 6.60. The number of carbonyl (C=O) groups is 1. The highest BCUT2D eigenvalue weighted by atomic mass is 16.5. The van der Waals surface area contributed by atoms with Gasteiger partial charge in [-0.25, -0.2) is 0 Å². The Hall–Kier alpha value is -2.36. The van der Waals surface area contributed by atoms with E-state index in [4.69, 9.17) is 4.74 Å².